The second-order valence-electron chi connectivity index (χ2n) is 5.75. The Hall–Kier alpha value is -2.65. The Balaban J connectivity index is 1.50. The van der Waals surface area contributed by atoms with E-state index in [9.17, 15) is 13.6 Å². The minimum absolute atomic E-state index is 0.107. The van der Waals surface area contributed by atoms with E-state index in [1.807, 2.05) is 0 Å². The van der Waals surface area contributed by atoms with Gasteiger partial charge in [-0.3, -0.25) is 9.69 Å². The van der Waals surface area contributed by atoms with E-state index in [4.69, 9.17) is 4.74 Å². The molecule has 7 nitrogen and oxygen atoms in total. The highest BCUT2D eigenvalue weighted by molar-refractivity contribution is 6.03. The van der Waals surface area contributed by atoms with Crippen LogP contribution in [-0.4, -0.2) is 60.2 Å². The van der Waals surface area contributed by atoms with Crippen molar-refractivity contribution >= 4 is 17.5 Å². The van der Waals surface area contributed by atoms with Crippen molar-refractivity contribution in [3.8, 4) is 0 Å². The molecule has 1 fully saturated rings. The third-order valence-electron chi connectivity index (χ3n) is 3.91. The fourth-order valence-corrected chi connectivity index (χ4v) is 2.47. The topological polar surface area (TPSA) is 79.4 Å². The normalized spacial score (nSPS) is 14.8. The molecule has 1 aromatic carbocycles. The summed E-state index contributed by atoms with van der Waals surface area (Å²) in [4.78, 5) is 22.5. The molecular formula is C17H19F2N5O2. The zero-order chi connectivity index (χ0) is 18.4. The van der Waals surface area contributed by atoms with Gasteiger partial charge in [0.15, 0.2) is 0 Å². The van der Waals surface area contributed by atoms with Crippen LogP contribution in [-0.2, 0) is 4.74 Å². The molecule has 26 heavy (non-hydrogen) atoms. The Morgan fingerprint density at radius 3 is 2.62 bits per heavy atom. The Morgan fingerprint density at radius 2 is 1.92 bits per heavy atom. The lowest BCUT2D eigenvalue weighted by atomic mass is 10.2. The number of nitrogens with zero attached hydrogens (tertiary/aromatic N) is 3. The van der Waals surface area contributed by atoms with E-state index >= 15 is 0 Å². The van der Waals surface area contributed by atoms with Crippen molar-refractivity contribution in [3.05, 3.63) is 47.8 Å². The number of aromatic nitrogens is 2. The predicted octanol–water partition coefficient (Wildman–Crippen LogP) is 1.75. The quantitative estimate of drug-likeness (QED) is 0.814. The molecule has 9 heteroatoms. The monoisotopic (exact) mass is 363 g/mol. The molecule has 0 aliphatic carbocycles. The molecule has 0 radical (unpaired) electrons. The van der Waals surface area contributed by atoms with Crippen LogP contribution >= 0.6 is 0 Å². The van der Waals surface area contributed by atoms with Crippen LogP contribution in [0.4, 0.5) is 20.4 Å². The van der Waals surface area contributed by atoms with Crippen LogP contribution in [0.2, 0.25) is 0 Å². The number of ether oxygens (including phenoxy) is 1. The lowest BCUT2D eigenvalue weighted by molar-refractivity contribution is 0.0398. The smallest absolute Gasteiger partial charge is 0.258 e. The zero-order valence-corrected chi connectivity index (χ0v) is 14.0. The minimum Gasteiger partial charge on any atom is -0.379 e. The lowest BCUT2D eigenvalue weighted by Gasteiger charge is -2.26. The first kappa shape index (κ1) is 18.2. The number of benzene rings is 1. The van der Waals surface area contributed by atoms with Gasteiger partial charge >= 0.3 is 0 Å². The molecule has 0 saturated carbocycles. The van der Waals surface area contributed by atoms with Gasteiger partial charge in [-0.25, -0.2) is 18.7 Å². The number of amides is 1. The molecule has 0 atom stereocenters. The minimum atomic E-state index is -0.847. The number of carbonyl (C=O) groups excluding carboxylic acids is 1. The number of halogens is 2. The molecule has 1 aromatic heterocycles. The van der Waals surface area contributed by atoms with Crippen LogP contribution in [0, 0.1) is 11.6 Å². The van der Waals surface area contributed by atoms with Gasteiger partial charge in [-0.15, -0.1) is 0 Å². The highest BCUT2D eigenvalue weighted by Gasteiger charge is 2.12. The summed E-state index contributed by atoms with van der Waals surface area (Å²) in [5, 5.41) is 5.44. The van der Waals surface area contributed by atoms with Gasteiger partial charge in [0.2, 0.25) is 5.95 Å². The average molecular weight is 363 g/mol. The first-order valence-electron chi connectivity index (χ1n) is 8.24. The summed E-state index contributed by atoms with van der Waals surface area (Å²) in [5.74, 6) is -1.73. The van der Waals surface area contributed by atoms with Crippen molar-refractivity contribution in [1.82, 2.24) is 14.9 Å². The molecule has 138 valence electrons. The molecule has 1 amide bonds. The number of nitrogens with one attached hydrogen (secondary N) is 2. The van der Waals surface area contributed by atoms with Crippen LogP contribution in [0.1, 0.15) is 10.4 Å². The fraction of sp³-hybridized carbons (Fsp3) is 0.353. The molecule has 2 N–H and O–H groups in total. The molecule has 1 aliphatic rings. The van der Waals surface area contributed by atoms with Crippen molar-refractivity contribution < 1.29 is 18.3 Å². The van der Waals surface area contributed by atoms with Crippen LogP contribution in [0.25, 0.3) is 0 Å². The molecule has 0 spiro atoms. The summed E-state index contributed by atoms with van der Waals surface area (Å²) in [7, 11) is 0. The van der Waals surface area contributed by atoms with Gasteiger partial charge < -0.3 is 15.4 Å². The lowest BCUT2D eigenvalue weighted by Crippen LogP contribution is -2.39. The van der Waals surface area contributed by atoms with Crippen molar-refractivity contribution in [3.63, 3.8) is 0 Å². The first-order chi connectivity index (χ1) is 12.6. The second-order valence-corrected chi connectivity index (χ2v) is 5.75. The van der Waals surface area contributed by atoms with E-state index in [0.717, 1.165) is 45.0 Å². The molecule has 1 aliphatic heterocycles. The van der Waals surface area contributed by atoms with E-state index in [1.54, 1.807) is 0 Å². The maximum absolute atomic E-state index is 13.6. The Kier molecular flexibility index (Phi) is 6.03. The number of carbonyl (C=O) groups is 1. The number of anilines is 2. The van der Waals surface area contributed by atoms with Crippen molar-refractivity contribution in [2.45, 2.75) is 0 Å². The summed E-state index contributed by atoms with van der Waals surface area (Å²) < 4.78 is 31.7. The maximum atomic E-state index is 13.6. The molecular weight excluding hydrogens is 344 g/mol. The Labute approximate surface area is 149 Å². The third kappa shape index (κ3) is 4.93. The molecule has 2 aromatic rings. The van der Waals surface area contributed by atoms with Crippen LogP contribution in [0.3, 0.4) is 0 Å². The largest absolute Gasteiger partial charge is 0.379 e. The summed E-state index contributed by atoms with van der Waals surface area (Å²) in [6.07, 6.45) is 2.70. The molecule has 3 rings (SSSR count). The Bertz CT molecular complexity index is 751. The highest BCUT2D eigenvalue weighted by Crippen LogP contribution is 2.16. The summed E-state index contributed by atoms with van der Waals surface area (Å²) >= 11 is 0. The maximum Gasteiger partial charge on any atom is 0.258 e. The van der Waals surface area contributed by atoms with Crippen LogP contribution in [0.15, 0.2) is 30.6 Å². The van der Waals surface area contributed by atoms with Gasteiger partial charge in [0.25, 0.3) is 5.91 Å². The third-order valence-corrected chi connectivity index (χ3v) is 3.91. The van der Waals surface area contributed by atoms with Crippen molar-refractivity contribution in [2.75, 3.05) is 50.0 Å². The van der Waals surface area contributed by atoms with Gasteiger partial charge in [0.05, 0.1) is 24.5 Å². The van der Waals surface area contributed by atoms with E-state index in [-0.39, 0.29) is 11.3 Å². The standard InChI is InChI=1S/C17H19F2N5O2/c18-13-1-2-15(14(19)9-13)23-16(25)12-10-21-17(22-11-12)20-3-4-24-5-7-26-8-6-24/h1-2,9-11H,3-8H2,(H,23,25)(H,20,21,22). The van der Waals surface area contributed by atoms with Gasteiger partial charge in [-0.2, -0.15) is 0 Å². The number of rotatable bonds is 6. The fourth-order valence-electron chi connectivity index (χ4n) is 2.47. The zero-order valence-electron chi connectivity index (χ0n) is 14.0. The average Bonchev–Trinajstić information content (AvgIpc) is 2.65. The molecule has 0 unspecified atom stereocenters. The van der Waals surface area contributed by atoms with Gasteiger partial charge in [0.1, 0.15) is 11.6 Å². The van der Waals surface area contributed by atoms with Crippen LogP contribution in [0.5, 0.6) is 0 Å². The Morgan fingerprint density at radius 1 is 1.19 bits per heavy atom. The number of morpholine rings is 1. The number of hydrogen-bond donors (Lipinski definition) is 2. The van der Waals surface area contributed by atoms with Gasteiger partial charge in [-0.05, 0) is 12.1 Å². The van der Waals surface area contributed by atoms with Crippen molar-refractivity contribution in [1.29, 1.82) is 0 Å². The van der Waals surface area contributed by atoms with E-state index < -0.39 is 17.5 Å². The molecule has 2 heterocycles. The summed E-state index contributed by atoms with van der Waals surface area (Å²) in [5.41, 5.74) is 0.0663. The predicted molar refractivity (Wildman–Crippen MR) is 92.1 cm³/mol. The summed E-state index contributed by atoms with van der Waals surface area (Å²) in [6, 6.07) is 2.93. The highest BCUT2D eigenvalue weighted by atomic mass is 19.1. The summed E-state index contributed by atoms with van der Waals surface area (Å²) in [6.45, 7) is 4.82. The van der Waals surface area contributed by atoms with Crippen molar-refractivity contribution in [2.24, 2.45) is 0 Å². The SMILES string of the molecule is O=C(Nc1ccc(F)cc1F)c1cnc(NCCN2CCOCC2)nc1. The second kappa shape index (κ2) is 8.63. The first-order valence-corrected chi connectivity index (χ1v) is 8.24. The van der Waals surface area contributed by atoms with Crippen LogP contribution < -0.4 is 10.6 Å². The number of hydrogen-bond acceptors (Lipinski definition) is 6. The van der Waals surface area contributed by atoms with E-state index in [1.165, 1.54) is 12.4 Å². The molecule has 1 saturated heterocycles. The van der Waals surface area contributed by atoms with Gasteiger partial charge in [0, 0.05) is 44.6 Å². The molecule has 0 bridgehead atoms. The van der Waals surface area contributed by atoms with Gasteiger partial charge in [-0.1, -0.05) is 0 Å². The van der Waals surface area contributed by atoms with E-state index in [0.29, 0.717) is 18.6 Å². The van der Waals surface area contributed by atoms with E-state index in [2.05, 4.69) is 25.5 Å².